The van der Waals surface area contributed by atoms with E-state index in [1.54, 1.807) is 12.1 Å². The third kappa shape index (κ3) is 5.11. The van der Waals surface area contributed by atoms with Crippen LogP contribution in [0.25, 0.3) is 0 Å². The van der Waals surface area contributed by atoms with Gasteiger partial charge < -0.3 is 23.5 Å². The molecule has 2 aliphatic rings. The number of nitriles is 1. The van der Waals surface area contributed by atoms with E-state index >= 15 is 8.78 Å². The number of halogens is 2. The van der Waals surface area contributed by atoms with Crippen LogP contribution in [0.3, 0.4) is 0 Å². The predicted octanol–water partition coefficient (Wildman–Crippen LogP) is 3.91. The number of alkyl halides is 2. The Labute approximate surface area is 215 Å². The molecule has 0 aromatic heterocycles. The third-order valence-electron chi connectivity index (χ3n) is 6.90. The van der Waals surface area contributed by atoms with Crippen molar-refractivity contribution >= 4 is 22.4 Å². The molecular formula is C25H28BF2NO7S. The number of hydrogen-bond acceptors (Lipinski definition) is 8. The van der Waals surface area contributed by atoms with Crippen molar-refractivity contribution in [2.45, 2.75) is 62.2 Å². The average molecular weight is 535 g/mol. The number of fused-ring (bicyclic) bond motifs is 1. The summed E-state index contributed by atoms with van der Waals surface area (Å²) in [5.74, 6) is -3.19. The highest BCUT2D eigenvalue weighted by molar-refractivity contribution is 7.90. The topological polar surface area (TPSA) is 104 Å². The van der Waals surface area contributed by atoms with Crippen molar-refractivity contribution in [2.75, 3.05) is 20.2 Å². The molecule has 1 atom stereocenters. The Morgan fingerprint density at radius 3 is 2.35 bits per heavy atom. The highest BCUT2D eigenvalue weighted by atomic mass is 32.2. The van der Waals surface area contributed by atoms with Gasteiger partial charge in [0.15, 0.2) is 15.9 Å². The molecule has 37 heavy (non-hydrogen) atoms. The average Bonchev–Trinajstić information content (AvgIpc) is 3.18. The minimum Gasteiger partial charge on any atom is -0.457 e. The van der Waals surface area contributed by atoms with E-state index in [1.165, 1.54) is 25.3 Å². The Morgan fingerprint density at radius 2 is 1.78 bits per heavy atom. The van der Waals surface area contributed by atoms with Crippen molar-refractivity contribution in [3.63, 3.8) is 0 Å². The van der Waals surface area contributed by atoms with Gasteiger partial charge in [-0.05, 0) is 63.5 Å². The highest BCUT2D eigenvalue weighted by Gasteiger charge is 2.53. The van der Waals surface area contributed by atoms with Crippen LogP contribution in [0.15, 0.2) is 35.2 Å². The normalized spacial score (nSPS) is 21.5. The number of sulfone groups is 1. The molecule has 8 nitrogen and oxygen atoms in total. The molecule has 1 heterocycles. The first kappa shape index (κ1) is 27.5. The van der Waals surface area contributed by atoms with Gasteiger partial charge in [0.1, 0.15) is 18.3 Å². The number of rotatable bonds is 7. The molecule has 0 bridgehead atoms. The van der Waals surface area contributed by atoms with Crippen LogP contribution in [-0.4, -0.2) is 52.8 Å². The Hall–Kier alpha value is -2.56. The minimum atomic E-state index is -3.86. The van der Waals surface area contributed by atoms with E-state index < -0.39 is 53.4 Å². The summed E-state index contributed by atoms with van der Waals surface area (Å²) in [6, 6.07) is 9.27. The standard InChI is InChI=1S/C25H28BF2NO7S/c1-23(2)24(3,4)36-26(35-23)16-9-15(13-29)10-17(11-16)34-19-7-8-20(37(6,30)31)21-18(19)12-25(27,28)22(21)33-14-32-5/h7-11,22H,12,14H2,1-6H3. The number of methoxy groups -OCH3 is 1. The van der Waals surface area contributed by atoms with Crippen LogP contribution in [0.2, 0.25) is 0 Å². The van der Waals surface area contributed by atoms with Gasteiger partial charge in [-0.15, -0.1) is 0 Å². The number of hydrogen-bond donors (Lipinski definition) is 0. The van der Waals surface area contributed by atoms with Crippen molar-refractivity contribution in [1.29, 1.82) is 5.26 Å². The molecule has 1 aliphatic heterocycles. The highest BCUT2D eigenvalue weighted by Crippen LogP contribution is 2.51. The largest absolute Gasteiger partial charge is 0.495 e. The van der Waals surface area contributed by atoms with E-state index in [2.05, 4.69) is 6.07 Å². The lowest BCUT2D eigenvalue weighted by Crippen LogP contribution is -2.41. The fraction of sp³-hybridized carbons (Fsp3) is 0.480. The zero-order valence-electron chi connectivity index (χ0n) is 21.4. The summed E-state index contributed by atoms with van der Waals surface area (Å²) < 4.78 is 83.1. The Bertz CT molecular complexity index is 1360. The second-order valence-corrected chi connectivity index (χ2v) is 12.2. The lowest BCUT2D eigenvalue weighted by Gasteiger charge is -2.32. The fourth-order valence-electron chi connectivity index (χ4n) is 4.38. The Kier molecular flexibility index (Phi) is 6.93. The third-order valence-corrected chi connectivity index (χ3v) is 8.05. The van der Waals surface area contributed by atoms with E-state index in [0.717, 1.165) is 6.26 Å². The molecule has 2 aromatic rings. The molecule has 0 spiro atoms. The van der Waals surface area contributed by atoms with Crippen LogP contribution in [-0.2, 0) is 35.0 Å². The SMILES string of the molecule is COCOC1c2c(S(C)(=O)=O)ccc(Oc3cc(C#N)cc(B4OC(C)(C)C(C)(C)O4)c3)c2CC1(F)F. The quantitative estimate of drug-likeness (QED) is 0.389. The van der Waals surface area contributed by atoms with Crippen molar-refractivity contribution < 1.29 is 40.7 Å². The van der Waals surface area contributed by atoms with Gasteiger partial charge in [-0.1, -0.05) is 0 Å². The molecule has 12 heteroatoms. The Morgan fingerprint density at radius 1 is 1.14 bits per heavy atom. The van der Waals surface area contributed by atoms with E-state index in [0.29, 0.717) is 5.46 Å². The molecule has 0 radical (unpaired) electrons. The van der Waals surface area contributed by atoms with Gasteiger partial charge in [-0.2, -0.15) is 5.26 Å². The summed E-state index contributed by atoms with van der Waals surface area (Å²) in [5, 5.41) is 9.59. The first-order chi connectivity index (χ1) is 17.1. The molecule has 1 fully saturated rings. The molecule has 198 valence electrons. The summed E-state index contributed by atoms with van der Waals surface area (Å²) in [5.41, 5.74) is -0.626. The first-order valence-corrected chi connectivity index (χ1v) is 13.4. The van der Waals surface area contributed by atoms with Gasteiger partial charge >= 0.3 is 7.12 Å². The molecule has 0 saturated carbocycles. The van der Waals surface area contributed by atoms with Gasteiger partial charge in [0.2, 0.25) is 0 Å². The summed E-state index contributed by atoms with van der Waals surface area (Å²) in [7, 11) is -3.36. The second-order valence-electron chi connectivity index (χ2n) is 10.2. The minimum absolute atomic E-state index is 0.00794. The number of ether oxygens (including phenoxy) is 3. The summed E-state index contributed by atoms with van der Waals surface area (Å²) in [6.07, 6.45) is -1.68. The van der Waals surface area contributed by atoms with E-state index in [4.69, 9.17) is 23.5 Å². The number of benzene rings is 2. The Balaban J connectivity index is 1.77. The van der Waals surface area contributed by atoms with E-state index in [1.807, 2.05) is 27.7 Å². The first-order valence-electron chi connectivity index (χ1n) is 11.5. The molecule has 4 rings (SSSR count). The summed E-state index contributed by atoms with van der Waals surface area (Å²) >= 11 is 0. The van der Waals surface area contributed by atoms with Crippen molar-refractivity contribution in [3.05, 3.63) is 47.0 Å². The van der Waals surface area contributed by atoms with Crippen LogP contribution in [0.4, 0.5) is 8.78 Å². The van der Waals surface area contributed by atoms with E-state index in [9.17, 15) is 13.7 Å². The molecule has 0 amide bonds. The lowest BCUT2D eigenvalue weighted by molar-refractivity contribution is -0.170. The van der Waals surface area contributed by atoms with Gasteiger partial charge in [-0.25, -0.2) is 17.2 Å². The van der Waals surface area contributed by atoms with Gasteiger partial charge in [0, 0.05) is 30.9 Å². The molecule has 1 aliphatic carbocycles. The maximum absolute atomic E-state index is 15.0. The van der Waals surface area contributed by atoms with Gasteiger partial charge in [0.05, 0.1) is 27.7 Å². The molecule has 1 saturated heterocycles. The van der Waals surface area contributed by atoms with Crippen LogP contribution in [0.5, 0.6) is 11.5 Å². The van der Waals surface area contributed by atoms with Crippen molar-refractivity contribution in [1.82, 2.24) is 0 Å². The summed E-state index contributed by atoms with van der Waals surface area (Å²) in [4.78, 5) is -0.267. The monoisotopic (exact) mass is 535 g/mol. The molecule has 2 aromatic carbocycles. The molecule has 1 unspecified atom stereocenters. The smallest absolute Gasteiger partial charge is 0.457 e. The zero-order chi connectivity index (χ0) is 27.4. The van der Waals surface area contributed by atoms with Crippen LogP contribution < -0.4 is 10.2 Å². The van der Waals surface area contributed by atoms with Crippen LogP contribution in [0, 0.1) is 11.3 Å². The van der Waals surface area contributed by atoms with Gasteiger partial charge in [-0.3, -0.25) is 0 Å². The van der Waals surface area contributed by atoms with Crippen LogP contribution in [0.1, 0.15) is 50.5 Å². The second kappa shape index (κ2) is 9.33. The fourth-order valence-corrected chi connectivity index (χ4v) is 5.33. The summed E-state index contributed by atoms with van der Waals surface area (Å²) in [6.45, 7) is 7.14. The maximum atomic E-state index is 15.0. The molecular weight excluding hydrogens is 507 g/mol. The van der Waals surface area contributed by atoms with Crippen molar-refractivity contribution in [3.8, 4) is 17.6 Å². The lowest BCUT2D eigenvalue weighted by atomic mass is 9.78. The van der Waals surface area contributed by atoms with Crippen LogP contribution >= 0.6 is 0 Å². The van der Waals surface area contributed by atoms with Crippen molar-refractivity contribution in [2.24, 2.45) is 0 Å². The van der Waals surface area contributed by atoms with E-state index in [-0.39, 0.29) is 33.1 Å². The van der Waals surface area contributed by atoms with Gasteiger partial charge in [0.25, 0.3) is 5.92 Å². The maximum Gasteiger partial charge on any atom is 0.495 e. The molecule has 0 N–H and O–H groups in total. The zero-order valence-corrected chi connectivity index (χ0v) is 22.2. The number of nitrogens with zero attached hydrogens (tertiary/aromatic N) is 1. The predicted molar refractivity (Wildman–Crippen MR) is 131 cm³/mol.